The summed E-state index contributed by atoms with van der Waals surface area (Å²) < 4.78 is 1.71. The minimum atomic E-state index is -0.237. The van der Waals surface area contributed by atoms with Gasteiger partial charge in [-0.15, -0.1) is 0 Å². The Morgan fingerprint density at radius 1 is 1.29 bits per heavy atom. The lowest BCUT2D eigenvalue weighted by atomic mass is 10.2. The van der Waals surface area contributed by atoms with Gasteiger partial charge in [-0.3, -0.25) is 14.2 Å². The number of fused-ring (bicyclic) bond motifs is 1. The third-order valence-electron chi connectivity index (χ3n) is 4.32. The molecule has 1 aliphatic rings. The van der Waals surface area contributed by atoms with Gasteiger partial charge in [-0.1, -0.05) is 30.8 Å². The highest BCUT2D eigenvalue weighted by molar-refractivity contribution is 8.00. The second-order valence-electron chi connectivity index (χ2n) is 6.16. The number of amides is 1. The van der Waals surface area contributed by atoms with Crippen LogP contribution < -0.4 is 5.56 Å². The molecule has 0 N–H and O–H groups in total. The van der Waals surface area contributed by atoms with E-state index in [0.29, 0.717) is 22.6 Å². The van der Waals surface area contributed by atoms with Crippen molar-refractivity contribution in [3.05, 3.63) is 34.6 Å². The van der Waals surface area contributed by atoms with Crippen LogP contribution in [0, 0.1) is 0 Å². The zero-order valence-electron chi connectivity index (χ0n) is 14.2. The molecule has 1 aromatic carbocycles. The Morgan fingerprint density at radius 2 is 2.00 bits per heavy atom. The van der Waals surface area contributed by atoms with Crippen molar-refractivity contribution in [2.24, 2.45) is 0 Å². The zero-order chi connectivity index (χ0) is 17.1. The summed E-state index contributed by atoms with van der Waals surface area (Å²) in [5, 5.41) is 1.04. The first-order chi connectivity index (χ1) is 11.6. The molecule has 1 atom stereocenters. The normalized spacial score (nSPS) is 15.8. The van der Waals surface area contributed by atoms with E-state index in [1.54, 1.807) is 4.57 Å². The maximum Gasteiger partial charge on any atom is 0.262 e. The minimum absolute atomic E-state index is 0.0224. The Hall–Kier alpha value is -1.82. The first kappa shape index (κ1) is 17.0. The largest absolute Gasteiger partial charge is 0.342 e. The highest BCUT2D eigenvalue weighted by Gasteiger charge is 2.25. The number of aromatic nitrogens is 2. The molecule has 3 rings (SSSR count). The second-order valence-corrected chi connectivity index (χ2v) is 7.47. The van der Waals surface area contributed by atoms with Gasteiger partial charge in [0.2, 0.25) is 5.91 Å². The number of carbonyl (C=O) groups excluding carboxylic acids is 1. The Labute approximate surface area is 146 Å². The third kappa shape index (κ3) is 3.34. The van der Waals surface area contributed by atoms with Crippen LogP contribution in [0.4, 0.5) is 0 Å². The van der Waals surface area contributed by atoms with Crippen molar-refractivity contribution in [1.82, 2.24) is 14.5 Å². The van der Waals surface area contributed by atoms with Crippen molar-refractivity contribution >= 4 is 28.6 Å². The summed E-state index contributed by atoms with van der Waals surface area (Å²) in [4.78, 5) is 31.9. The molecule has 2 aromatic rings. The standard InChI is InChI=1S/C18H23N3O2S/c1-3-10-21-17(23)14-8-4-5-9-15(14)19-18(21)24-13(2)16(22)20-11-6-7-12-20/h4-5,8-9,13H,3,6-7,10-12H2,1-2H3. The van der Waals surface area contributed by atoms with E-state index in [9.17, 15) is 9.59 Å². The van der Waals surface area contributed by atoms with Gasteiger partial charge < -0.3 is 4.90 Å². The highest BCUT2D eigenvalue weighted by Crippen LogP contribution is 2.25. The number of likely N-dealkylation sites (tertiary alicyclic amines) is 1. The predicted molar refractivity (Wildman–Crippen MR) is 97.4 cm³/mol. The van der Waals surface area contributed by atoms with E-state index in [-0.39, 0.29) is 16.7 Å². The number of hydrogen-bond acceptors (Lipinski definition) is 4. The smallest absolute Gasteiger partial charge is 0.262 e. The van der Waals surface area contributed by atoms with Gasteiger partial charge in [-0.2, -0.15) is 0 Å². The first-order valence-electron chi connectivity index (χ1n) is 8.57. The van der Waals surface area contributed by atoms with Crippen LogP contribution in [0.25, 0.3) is 10.9 Å². The molecule has 0 bridgehead atoms. The van der Waals surface area contributed by atoms with Crippen LogP contribution in [0.5, 0.6) is 0 Å². The van der Waals surface area contributed by atoms with Gasteiger partial charge in [0, 0.05) is 19.6 Å². The van der Waals surface area contributed by atoms with Crippen molar-refractivity contribution in [3.8, 4) is 0 Å². The monoisotopic (exact) mass is 345 g/mol. The van der Waals surface area contributed by atoms with Crippen LogP contribution in [0.3, 0.4) is 0 Å². The Bertz CT molecular complexity index is 796. The molecule has 1 aliphatic heterocycles. The van der Waals surface area contributed by atoms with E-state index >= 15 is 0 Å². The van der Waals surface area contributed by atoms with Crippen molar-refractivity contribution in [2.45, 2.75) is 50.1 Å². The van der Waals surface area contributed by atoms with Crippen LogP contribution in [0.2, 0.25) is 0 Å². The lowest BCUT2D eigenvalue weighted by Gasteiger charge is -2.21. The fourth-order valence-electron chi connectivity index (χ4n) is 3.06. The van der Waals surface area contributed by atoms with E-state index in [4.69, 9.17) is 0 Å². The second kappa shape index (κ2) is 7.38. The highest BCUT2D eigenvalue weighted by atomic mass is 32.2. The lowest BCUT2D eigenvalue weighted by Crippen LogP contribution is -2.34. The third-order valence-corrected chi connectivity index (χ3v) is 5.40. The molecule has 24 heavy (non-hydrogen) atoms. The average Bonchev–Trinajstić information content (AvgIpc) is 3.12. The summed E-state index contributed by atoms with van der Waals surface area (Å²) in [7, 11) is 0. The first-order valence-corrected chi connectivity index (χ1v) is 9.44. The van der Waals surface area contributed by atoms with Crippen LogP contribution in [-0.4, -0.2) is 38.7 Å². The van der Waals surface area contributed by atoms with Gasteiger partial charge >= 0.3 is 0 Å². The predicted octanol–water partition coefficient (Wildman–Crippen LogP) is 2.91. The summed E-state index contributed by atoms with van der Waals surface area (Å²) >= 11 is 1.39. The summed E-state index contributed by atoms with van der Waals surface area (Å²) in [5.41, 5.74) is 0.670. The van der Waals surface area contributed by atoms with E-state index < -0.39 is 0 Å². The maximum atomic E-state index is 12.8. The van der Waals surface area contributed by atoms with E-state index in [1.807, 2.05) is 43.0 Å². The molecule has 0 aliphatic carbocycles. The topological polar surface area (TPSA) is 55.2 Å². The number of thioether (sulfide) groups is 1. The Kier molecular flexibility index (Phi) is 5.23. The van der Waals surface area contributed by atoms with Gasteiger partial charge in [-0.25, -0.2) is 4.98 Å². The lowest BCUT2D eigenvalue weighted by molar-refractivity contribution is -0.129. The van der Waals surface area contributed by atoms with E-state index in [1.165, 1.54) is 11.8 Å². The SMILES string of the molecule is CCCn1c(SC(C)C(=O)N2CCCC2)nc2ccccc2c1=O. The fraction of sp³-hybridized carbons (Fsp3) is 0.500. The molecular weight excluding hydrogens is 322 g/mol. The molecule has 2 heterocycles. The molecule has 0 spiro atoms. The summed E-state index contributed by atoms with van der Waals surface area (Å²) in [6.45, 7) is 6.24. The number of hydrogen-bond donors (Lipinski definition) is 0. The van der Waals surface area contributed by atoms with Crippen LogP contribution >= 0.6 is 11.8 Å². The molecule has 0 saturated carbocycles. The molecule has 0 radical (unpaired) electrons. The summed E-state index contributed by atoms with van der Waals surface area (Å²) in [6.07, 6.45) is 3.01. The molecule has 5 nitrogen and oxygen atoms in total. The Morgan fingerprint density at radius 3 is 2.71 bits per heavy atom. The van der Waals surface area contributed by atoms with E-state index in [2.05, 4.69) is 4.98 Å². The molecule has 1 unspecified atom stereocenters. The van der Waals surface area contributed by atoms with Gasteiger partial charge in [0.25, 0.3) is 5.56 Å². The summed E-state index contributed by atoms with van der Waals surface area (Å²) in [6, 6.07) is 7.40. The van der Waals surface area contributed by atoms with Crippen LogP contribution in [0.1, 0.15) is 33.1 Å². The van der Waals surface area contributed by atoms with Crippen molar-refractivity contribution < 1.29 is 4.79 Å². The van der Waals surface area contributed by atoms with Gasteiger partial charge in [0.05, 0.1) is 16.2 Å². The summed E-state index contributed by atoms with van der Waals surface area (Å²) in [5.74, 6) is 0.142. The maximum absolute atomic E-state index is 12.8. The van der Waals surface area contributed by atoms with Crippen molar-refractivity contribution in [1.29, 1.82) is 0 Å². The van der Waals surface area contributed by atoms with Crippen LogP contribution in [0.15, 0.2) is 34.2 Å². The van der Waals surface area contributed by atoms with Gasteiger partial charge in [0.1, 0.15) is 0 Å². The quantitative estimate of drug-likeness (QED) is 0.618. The number of carbonyl (C=O) groups is 1. The molecule has 1 saturated heterocycles. The molecular formula is C18H23N3O2S. The van der Waals surface area contributed by atoms with E-state index in [0.717, 1.165) is 32.4 Å². The zero-order valence-corrected chi connectivity index (χ0v) is 15.0. The van der Waals surface area contributed by atoms with Gasteiger partial charge in [0.15, 0.2) is 5.16 Å². The van der Waals surface area contributed by atoms with Crippen LogP contribution in [-0.2, 0) is 11.3 Å². The molecule has 6 heteroatoms. The average molecular weight is 345 g/mol. The molecule has 1 fully saturated rings. The van der Waals surface area contributed by atoms with Crippen molar-refractivity contribution in [3.63, 3.8) is 0 Å². The minimum Gasteiger partial charge on any atom is -0.342 e. The van der Waals surface area contributed by atoms with Gasteiger partial charge in [-0.05, 0) is 38.3 Å². The number of rotatable bonds is 5. The molecule has 128 valence electrons. The fourth-order valence-corrected chi connectivity index (χ4v) is 4.08. The Balaban J connectivity index is 1.93. The van der Waals surface area contributed by atoms with Crippen molar-refractivity contribution in [2.75, 3.05) is 13.1 Å². The number of para-hydroxylation sites is 1. The molecule has 1 aromatic heterocycles. The number of nitrogens with zero attached hydrogens (tertiary/aromatic N) is 3. The number of benzene rings is 1. The molecule has 1 amide bonds.